The molecule has 0 bridgehead atoms. The number of benzene rings is 2. The predicted molar refractivity (Wildman–Crippen MR) is 149 cm³/mol. The van der Waals surface area contributed by atoms with Crippen LogP contribution in [-0.4, -0.2) is 66.6 Å². The van der Waals surface area contributed by atoms with Crippen LogP contribution in [0.4, 0.5) is 10.1 Å². The Balaban J connectivity index is 1.50. The van der Waals surface area contributed by atoms with E-state index in [0.717, 1.165) is 44.4 Å². The van der Waals surface area contributed by atoms with E-state index in [1.165, 1.54) is 12.1 Å². The molecule has 3 aromatic rings. The first-order valence-electron chi connectivity index (χ1n) is 12.8. The van der Waals surface area contributed by atoms with Gasteiger partial charge in [-0.25, -0.2) is 14.4 Å². The zero-order chi connectivity index (χ0) is 27.2. The quantitative estimate of drug-likeness (QED) is 0.364. The minimum atomic E-state index is -0.280. The molecule has 0 fully saturated rings. The molecular weight excluding hydrogens is 503 g/mol. The largest absolute Gasteiger partial charge is 0.353 e. The van der Waals surface area contributed by atoms with Crippen molar-refractivity contribution in [1.82, 2.24) is 25.6 Å². The van der Waals surface area contributed by atoms with E-state index in [1.54, 1.807) is 29.5 Å². The molecule has 38 heavy (non-hydrogen) atoms. The highest BCUT2D eigenvalue weighted by Crippen LogP contribution is 2.30. The fourth-order valence-electron chi connectivity index (χ4n) is 4.53. The number of hydrogen-bond acceptors (Lipinski definition) is 7. The molecule has 0 saturated heterocycles. The van der Waals surface area contributed by atoms with Crippen molar-refractivity contribution < 1.29 is 14.0 Å². The Labute approximate surface area is 227 Å². The standard InChI is InChI=1S/C28H35FN6O2S/c1-5-30-10-11-31-26(36)17-34(25-9-7-21(12-19(25)2)28-32-14-20(3)38-28)18-27(37)33(4)35-15-22-6-8-24(29)13-23(22)16-35/h6-9,12-14,30H,5,10-11,15-18H2,1-4H3,(H,31,36). The molecule has 1 aliphatic rings. The maximum Gasteiger partial charge on any atom is 0.256 e. The topological polar surface area (TPSA) is 80.8 Å². The summed E-state index contributed by atoms with van der Waals surface area (Å²) in [7, 11) is 1.72. The number of carbonyl (C=O) groups excluding carboxylic acids is 2. The summed E-state index contributed by atoms with van der Waals surface area (Å²) in [5, 5.41) is 10.5. The van der Waals surface area contributed by atoms with Gasteiger partial charge in [0.05, 0.1) is 13.1 Å². The van der Waals surface area contributed by atoms with Gasteiger partial charge in [0.25, 0.3) is 5.91 Å². The van der Waals surface area contributed by atoms with Crippen molar-refractivity contribution in [2.75, 3.05) is 44.7 Å². The summed E-state index contributed by atoms with van der Waals surface area (Å²) in [6.07, 6.45) is 1.85. The molecule has 2 N–H and O–H groups in total. The molecule has 0 unspecified atom stereocenters. The number of rotatable bonds is 11. The Kier molecular flexibility index (Phi) is 9.09. The zero-order valence-electron chi connectivity index (χ0n) is 22.4. The van der Waals surface area contributed by atoms with Crippen LogP contribution in [0.1, 0.15) is 28.5 Å². The SMILES string of the molecule is CCNCCNC(=O)CN(CC(=O)N(C)N1Cc2ccc(F)cc2C1)c1ccc(-c2ncc(C)s2)cc1C. The molecule has 0 radical (unpaired) electrons. The minimum absolute atomic E-state index is 0.0227. The Hall–Kier alpha value is -3.34. The molecule has 10 heteroatoms. The molecule has 0 aliphatic carbocycles. The monoisotopic (exact) mass is 538 g/mol. The van der Waals surface area contributed by atoms with Gasteiger partial charge >= 0.3 is 0 Å². The molecule has 1 aliphatic heterocycles. The third-order valence-electron chi connectivity index (χ3n) is 6.60. The summed E-state index contributed by atoms with van der Waals surface area (Å²) < 4.78 is 13.7. The molecule has 0 spiro atoms. The summed E-state index contributed by atoms with van der Waals surface area (Å²) >= 11 is 1.63. The lowest BCUT2D eigenvalue weighted by Crippen LogP contribution is -2.48. The Morgan fingerprint density at radius 2 is 1.87 bits per heavy atom. The van der Waals surface area contributed by atoms with Crippen LogP contribution in [0.3, 0.4) is 0 Å². The number of nitrogens with one attached hydrogen (secondary N) is 2. The second-order valence-corrected chi connectivity index (χ2v) is 10.7. The van der Waals surface area contributed by atoms with Gasteiger partial charge in [-0.1, -0.05) is 13.0 Å². The number of thiazole rings is 1. The molecule has 4 rings (SSSR count). The van der Waals surface area contributed by atoms with Gasteiger partial charge in [0.15, 0.2) is 0 Å². The van der Waals surface area contributed by atoms with E-state index in [4.69, 9.17) is 0 Å². The number of halogens is 1. The third-order valence-corrected chi connectivity index (χ3v) is 7.56. The molecule has 0 atom stereocenters. The van der Waals surface area contributed by atoms with Crippen LogP contribution in [-0.2, 0) is 22.7 Å². The number of hydrogen-bond donors (Lipinski definition) is 2. The van der Waals surface area contributed by atoms with E-state index < -0.39 is 0 Å². The normalized spacial score (nSPS) is 12.9. The van der Waals surface area contributed by atoms with Crippen molar-refractivity contribution in [1.29, 1.82) is 0 Å². The number of amides is 2. The van der Waals surface area contributed by atoms with Crippen LogP contribution in [0.15, 0.2) is 42.6 Å². The smallest absolute Gasteiger partial charge is 0.256 e. The maximum absolute atomic E-state index is 13.7. The molecule has 202 valence electrons. The van der Waals surface area contributed by atoms with Crippen LogP contribution in [0.25, 0.3) is 10.6 Å². The first-order chi connectivity index (χ1) is 18.2. The summed E-state index contributed by atoms with van der Waals surface area (Å²) in [6.45, 7) is 9.11. The van der Waals surface area contributed by atoms with E-state index in [1.807, 2.05) is 55.1 Å². The average Bonchev–Trinajstić information content (AvgIpc) is 3.51. The summed E-state index contributed by atoms with van der Waals surface area (Å²) in [5.41, 5.74) is 4.66. The van der Waals surface area contributed by atoms with Crippen LogP contribution in [0, 0.1) is 19.7 Å². The van der Waals surface area contributed by atoms with E-state index in [0.29, 0.717) is 26.2 Å². The fourth-order valence-corrected chi connectivity index (χ4v) is 5.30. The van der Waals surface area contributed by atoms with Crippen molar-refractivity contribution in [2.24, 2.45) is 0 Å². The van der Waals surface area contributed by atoms with Crippen molar-refractivity contribution in [3.8, 4) is 10.6 Å². The van der Waals surface area contributed by atoms with Gasteiger partial charge in [-0.05, 0) is 67.4 Å². The first-order valence-corrected chi connectivity index (χ1v) is 13.6. The molecular formula is C28H35FN6O2S. The maximum atomic E-state index is 13.7. The van der Waals surface area contributed by atoms with E-state index in [9.17, 15) is 14.0 Å². The number of likely N-dealkylation sites (N-methyl/N-ethyl adjacent to an activating group) is 2. The lowest BCUT2D eigenvalue weighted by atomic mass is 10.1. The van der Waals surface area contributed by atoms with Gasteiger partial charge in [-0.15, -0.1) is 11.3 Å². The molecule has 2 heterocycles. The van der Waals surface area contributed by atoms with Gasteiger partial charge in [0, 0.05) is 55.6 Å². The lowest BCUT2D eigenvalue weighted by Gasteiger charge is -2.32. The van der Waals surface area contributed by atoms with Crippen LogP contribution < -0.4 is 15.5 Å². The van der Waals surface area contributed by atoms with Crippen molar-refractivity contribution >= 4 is 28.8 Å². The number of fused-ring (bicyclic) bond motifs is 1. The Morgan fingerprint density at radius 1 is 1.08 bits per heavy atom. The van der Waals surface area contributed by atoms with Crippen molar-refractivity contribution in [3.05, 3.63) is 70.0 Å². The van der Waals surface area contributed by atoms with Gasteiger partial charge in [0.2, 0.25) is 5.91 Å². The average molecular weight is 539 g/mol. The van der Waals surface area contributed by atoms with Gasteiger partial charge in [-0.3, -0.25) is 14.6 Å². The number of carbonyl (C=O) groups is 2. The van der Waals surface area contributed by atoms with Gasteiger partial charge < -0.3 is 15.5 Å². The first kappa shape index (κ1) is 27.7. The third kappa shape index (κ3) is 6.75. The number of hydrazine groups is 1. The molecule has 1 aromatic heterocycles. The number of nitrogens with zero attached hydrogens (tertiary/aromatic N) is 4. The van der Waals surface area contributed by atoms with E-state index >= 15 is 0 Å². The van der Waals surface area contributed by atoms with E-state index in [2.05, 4.69) is 15.6 Å². The predicted octanol–water partition coefficient (Wildman–Crippen LogP) is 3.49. The second kappa shape index (κ2) is 12.5. The van der Waals surface area contributed by atoms with Crippen LogP contribution in [0.2, 0.25) is 0 Å². The molecule has 2 amide bonds. The van der Waals surface area contributed by atoms with Gasteiger partial charge in [-0.2, -0.15) is 0 Å². The fraction of sp³-hybridized carbons (Fsp3) is 0.393. The minimum Gasteiger partial charge on any atom is -0.353 e. The summed E-state index contributed by atoms with van der Waals surface area (Å²) in [5.74, 6) is -0.586. The molecule has 8 nitrogen and oxygen atoms in total. The highest BCUT2D eigenvalue weighted by Gasteiger charge is 2.27. The van der Waals surface area contributed by atoms with Crippen molar-refractivity contribution in [3.63, 3.8) is 0 Å². The zero-order valence-corrected chi connectivity index (χ0v) is 23.2. The second-order valence-electron chi connectivity index (χ2n) is 9.49. The summed E-state index contributed by atoms with van der Waals surface area (Å²) in [4.78, 5) is 33.7. The molecule has 0 saturated carbocycles. The summed E-state index contributed by atoms with van der Waals surface area (Å²) in [6, 6.07) is 10.7. The van der Waals surface area contributed by atoms with Gasteiger partial charge in [0.1, 0.15) is 10.8 Å². The number of anilines is 1. The molecule has 2 aromatic carbocycles. The highest BCUT2D eigenvalue weighted by molar-refractivity contribution is 7.14. The number of aryl methyl sites for hydroxylation is 2. The lowest BCUT2D eigenvalue weighted by molar-refractivity contribution is -0.145. The Morgan fingerprint density at radius 3 is 2.58 bits per heavy atom. The van der Waals surface area contributed by atoms with Crippen LogP contribution in [0.5, 0.6) is 0 Å². The Bertz CT molecular complexity index is 1300. The number of aromatic nitrogens is 1. The highest BCUT2D eigenvalue weighted by atomic mass is 32.1. The van der Waals surface area contributed by atoms with Crippen molar-refractivity contribution in [2.45, 2.75) is 33.9 Å². The van der Waals surface area contributed by atoms with Crippen LogP contribution >= 0.6 is 11.3 Å². The van der Waals surface area contributed by atoms with E-state index in [-0.39, 0.29) is 30.7 Å².